The Hall–Kier alpha value is -0.900. The van der Waals surface area contributed by atoms with Crippen LogP contribution in [0.3, 0.4) is 0 Å². The molecule has 28 heavy (non-hydrogen) atoms. The highest BCUT2D eigenvalue weighted by atomic mass is 32.2. The lowest BCUT2D eigenvalue weighted by molar-refractivity contribution is -0.120. The molecule has 0 aliphatic rings. The number of benzene rings is 1. The zero-order chi connectivity index (χ0) is 20.2. The van der Waals surface area contributed by atoms with Crippen LogP contribution in [0.4, 0.5) is 0 Å². The molecule has 0 aliphatic heterocycles. The summed E-state index contributed by atoms with van der Waals surface area (Å²) < 4.78 is 22.6. The van der Waals surface area contributed by atoms with Gasteiger partial charge >= 0.3 is 0 Å². The molecule has 0 amide bonds. The number of hydrogen-bond acceptors (Lipinski definition) is 8. The molecule has 0 radical (unpaired) electrons. The van der Waals surface area contributed by atoms with Gasteiger partial charge < -0.3 is 18.9 Å². The second-order valence-corrected chi connectivity index (χ2v) is 7.64. The maximum atomic E-state index is 5.66. The van der Waals surface area contributed by atoms with Gasteiger partial charge in [0.2, 0.25) is 0 Å². The third-order valence-electron chi connectivity index (χ3n) is 3.63. The van der Waals surface area contributed by atoms with E-state index in [9.17, 15) is 0 Å². The van der Waals surface area contributed by atoms with Gasteiger partial charge in [-0.15, -0.1) is 0 Å². The van der Waals surface area contributed by atoms with Crippen LogP contribution in [0.2, 0.25) is 0 Å². The third-order valence-corrected chi connectivity index (χ3v) is 5.75. The number of hydrogen-bond donors (Lipinski definition) is 0. The highest BCUT2D eigenvalue weighted by Crippen LogP contribution is 2.31. The summed E-state index contributed by atoms with van der Waals surface area (Å²) in [4.78, 5) is 9.65. The molecule has 0 saturated carbocycles. The van der Waals surface area contributed by atoms with Gasteiger partial charge in [0.25, 0.3) is 0 Å². The molecule has 0 aliphatic carbocycles. The Kier molecular flexibility index (Phi) is 11.1. The van der Waals surface area contributed by atoms with Gasteiger partial charge in [-0.25, -0.2) is 9.97 Å². The van der Waals surface area contributed by atoms with Gasteiger partial charge in [-0.05, 0) is 39.8 Å². The number of nitrogens with zero attached hydrogens (tertiary/aromatic N) is 2. The maximum absolute atomic E-state index is 5.66. The molecule has 1 heterocycles. The standard InChI is InChI=1S/C20H30N2O4S2/c1-5-23-17(24-6-2)13-27-19-20(28-14-18(25-7-3)26-8-4)22-16-12-10-9-11-15(16)21-19/h9-12,17-18H,5-8,13-14H2,1-4H3. The van der Waals surface area contributed by atoms with E-state index in [4.69, 9.17) is 28.9 Å². The van der Waals surface area contributed by atoms with Gasteiger partial charge in [0.05, 0.1) is 22.5 Å². The maximum Gasteiger partial charge on any atom is 0.166 e. The number of aromatic nitrogens is 2. The summed E-state index contributed by atoms with van der Waals surface area (Å²) in [5.74, 6) is 1.31. The molecule has 0 unspecified atom stereocenters. The van der Waals surface area contributed by atoms with Gasteiger partial charge in [0.15, 0.2) is 12.6 Å². The first kappa shape index (κ1) is 23.4. The topological polar surface area (TPSA) is 62.7 Å². The zero-order valence-corrected chi connectivity index (χ0v) is 18.7. The normalized spacial score (nSPS) is 11.8. The van der Waals surface area contributed by atoms with Crippen LogP contribution >= 0.6 is 23.5 Å². The first-order chi connectivity index (χ1) is 13.7. The fourth-order valence-corrected chi connectivity index (χ4v) is 4.47. The first-order valence-electron chi connectivity index (χ1n) is 9.70. The van der Waals surface area contributed by atoms with E-state index in [0.29, 0.717) is 37.9 Å². The molecule has 0 atom stereocenters. The lowest BCUT2D eigenvalue weighted by Crippen LogP contribution is -2.21. The Bertz CT molecular complexity index is 634. The molecule has 8 heteroatoms. The molecule has 6 nitrogen and oxygen atoms in total. The van der Waals surface area contributed by atoms with Crippen molar-refractivity contribution in [3.63, 3.8) is 0 Å². The van der Waals surface area contributed by atoms with E-state index >= 15 is 0 Å². The Labute approximate surface area is 176 Å². The summed E-state index contributed by atoms with van der Waals surface area (Å²) in [6.45, 7) is 10.3. The van der Waals surface area contributed by atoms with E-state index in [-0.39, 0.29) is 12.6 Å². The van der Waals surface area contributed by atoms with Crippen molar-refractivity contribution in [2.75, 3.05) is 37.9 Å². The second kappa shape index (κ2) is 13.3. The van der Waals surface area contributed by atoms with Gasteiger partial charge in [0.1, 0.15) is 10.1 Å². The van der Waals surface area contributed by atoms with Crippen molar-refractivity contribution in [2.24, 2.45) is 0 Å². The first-order valence-corrected chi connectivity index (χ1v) is 11.7. The number of fused-ring (bicyclic) bond motifs is 1. The molecule has 1 aromatic carbocycles. The summed E-state index contributed by atoms with van der Waals surface area (Å²) in [5.41, 5.74) is 1.76. The Balaban J connectivity index is 2.17. The second-order valence-electron chi connectivity index (χ2n) is 5.63. The van der Waals surface area contributed by atoms with Crippen molar-refractivity contribution in [1.82, 2.24) is 9.97 Å². The van der Waals surface area contributed by atoms with Crippen LogP contribution in [0, 0.1) is 0 Å². The van der Waals surface area contributed by atoms with E-state index in [0.717, 1.165) is 21.1 Å². The zero-order valence-electron chi connectivity index (χ0n) is 17.1. The number of ether oxygens (including phenoxy) is 4. The lowest BCUT2D eigenvalue weighted by atomic mass is 10.3. The Morgan fingerprint density at radius 1 is 0.679 bits per heavy atom. The molecule has 0 saturated heterocycles. The van der Waals surface area contributed by atoms with E-state index in [1.165, 1.54) is 0 Å². The number of rotatable bonds is 14. The van der Waals surface area contributed by atoms with E-state index in [1.54, 1.807) is 23.5 Å². The summed E-state index contributed by atoms with van der Waals surface area (Å²) >= 11 is 3.20. The van der Waals surface area contributed by atoms with Gasteiger partial charge in [-0.1, -0.05) is 35.7 Å². The highest BCUT2D eigenvalue weighted by molar-refractivity contribution is 8.02. The van der Waals surface area contributed by atoms with Gasteiger partial charge in [-0.3, -0.25) is 0 Å². The monoisotopic (exact) mass is 426 g/mol. The molecule has 0 spiro atoms. The van der Waals surface area contributed by atoms with Crippen molar-refractivity contribution in [2.45, 2.75) is 50.3 Å². The predicted octanol–water partition coefficient (Wildman–Crippen LogP) is 4.61. The van der Waals surface area contributed by atoms with Crippen LogP contribution in [0.1, 0.15) is 27.7 Å². The highest BCUT2D eigenvalue weighted by Gasteiger charge is 2.17. The van der Waals surface area contributed by atoms with E-state index in [1.807, 2.05) is 52.0 Å². The number of thioether (sulfide) groups is 2. The van der Waals surface area contributed by atoms with Crippen LogP contribution in [-0.2, 0) is 18.9 Å². The molecular formula is C20H30N2O4S2. The minimum absolute atomic E-state index is 0.259. The summed E-state index contributed by atoms with van der Waals surface area (Å²) in [5, 5.41) is 1.75. The van der Waals surface area contributed by atoms with Gasteiger partial charge in [0, 0.05) is 26.4 Å². The minimum atomic E-state index is -0.259. The van der Waals surface area contributed by atoms with Crippen molar-refractivity contribution >= 4 is 34.6 Å². The average molecular weight is 427 g/mol. The van der Waals surface area contributed by atoms with E-state index < -0.39 is 0 Å². The summed E-state index contributed by atoms with van der Waals surface area (Å²) in [6.07, 6.45) is -0.517. The Morgan fingerprint density at radius 3 is 1.36 bits per heavy atom. The molecule has 156 valence electrons. The van der Waals surface area contributed by atoms with Crippen molar-refractivity contribution in [1.29, 1.82) is 0 Å². The fraction of sp³-hybridized carbons (Fsp3) is 0.600. The average Bonchev–Trinajstić information content (AvgIpc) is 2.70. The van der Waals surface area contributed by atoms with E-state index in [2.05, 4.69) is 0 Å². The van der Waals surface area contributed by atoms with Crippen LogP contribution in [0.5, 0.6) is 0 Å². The molecule has 2 rings (SSSR count). The summed E-state index contributed by atoms with van der Waals surface area (Å²) in [7, 11) is 0. The molecular weight excluding hydrogens is 396 g/mol. The van der Waals surface area contributed by atoms with Crippen molar-refractivity contribution < 1.29 is 18.9 Å². The van der Waals surface area contributed by atoms with Crippen molar-refractivity contribution in [3.8, 4) is 0 Å². The molecule has 2 aromatic rings. The van der Waals surface area contributed by atoms with Crippen LogP contribution < -0.4 is 0 Å². The molecule has 1 aromatic heterocycles. The van der Waals surface area contributed by atoms with Gasteiger partial charge in [-0.2, -0.15) is 0 Å². The van der Waals surface area contributed by atoms with Crippen molar-refractivity contribution in [3.05, 3.63) is 24.3 Å². The van der Waals surface area contributed by atoms with Crippen LogP contribution in [0.25, 0.3) is 11.0 Å². The lowest BCUT2D eigenvalue weighted by Gasteiger charge is -2.18. The van der Waals surface area contributed by atoms with Crippen LogP contribution in [-0.4, -0.2) is 60.5 Å². The van der Waals surface area contributed by atoms with Crippen LogP contribution in [0.15, 0.2) is 34.3 Å². The Morgan fingerprint density at radius 2 is 1.04 bits per heavy atom. The smallest absolute Gasteiger partial charge is 0.166 e. The predicted molar refractivity (Wildman–Crippen MR) is 115 cm³/mol. The largest absolute Gasteiger partial charge is 0.352 e. The third kappa shape index (κ3) is 7.50. The quantitative estimate of drug-likeness (QED) is 0.320. The minimum Gasteiger partial charge on any atom is -0.352 e. The fourth-order valence-electron chi connectivity index (χ4n) is 2.48. The molecule has 0 fully saturated rings. The summed E-state index contributed by atoms with van der Waals surface area (Å²) in [6, 6.07) is 7.91. The SMILES string of the molecule is CCOC(CSc1nc2ccccc2nc1SCC(OCC)OCC)OCC. The molecule has 0 N–H and O–H groups in total. The number of para-hydroxylation sites is 2. The molecule has 0 bridgehead atoms.